The Labute approximate surface area is 121 Å². The zero-order valence-electron chi connectivity index (χ0n) is 12.6. The minimum Gasteiger partial charge on any atom is -0.494 e. The average molecular weight is 279 g/mol. The summed E-state index contributed by atoms with van der Waals surface area (Å²) in [5, 5.41) is 12.1. The Morgan fingerprint density at radius 2 is 2.15 bits per heavy atom. The van der Waals surface area contributed by atoms with Crippen LogP contribution in [0.2, 0.25) is 0 Å². The Morgan fingerprint density at radius 1 is 1.40 bits per heavy atom. The van der Waals surface area contributed by atoms with Gasteiger partial charge in [0.2, 0.25) is 5.91 Å². The van der Waals surface area contributed by atoms with Crippen LogP contribution >= 0.6 is 0 Å². The van der Waals surface area contributed by atoms with Gasteiger partial charge in [0.25, 0.3) is 0 Å². The van der Waals surface area contributed by atoms with E-state index in [4.69, 9.17) is 4.74 Å². The molecule has 0 aliphatic carbocycles. The normalized spacial score (nSPS) is 13.6. The highest BCUT2D eigenvalue weighted by molar-refractivity contribution is 5.76. The molecule has 0 spiro atoms. The first-order valence-corrected chi connectivity index (χ1v) is 7.14. The Hall–Kier alpha value is -1.55. The minimum absolute atomic E-state index is 0.000177. The summed E-state index contributed by atoms with van der Waals surface area (Å²) in [5.41, 5.74) is 1.16. The van der Waals surface area contributed by atoms with E-state index >= 15 is 0 Å². The van der Waals surface area contributed by atoms with Gasteiger partial charge in [0.1, 0.15) is 5.75 Å². The molecule has 0 radical (unpaired) electrons. The van der Waals surface area contributed by atoms with Crippen molar-refractivity contribution in [2.24, 2.45) is 0 Å². The van der Waals surface area contributed by atoms with Crippen molar-refractivity contribution in [1.29, 1.82) is 0 Å². The monoisotopic (exact) mass is 279 g/mol. The van der Waals surface area contributed by atoms with E-state index in [2.05, 4.69) is 5.32 Å². The van der Waals surface area contributed by atoms with Crippen LogP contribution in [-0.2, 0) is 4.79 Å². The number of hydrogen-bond acceptors (Lipinski definition) is 3. The summed E-state index contributed by atoms with van der Waals surface area (Å²) in [6.07, 6.45) is 1.30. The van der Waals surface area contributed by atoms with Crippen molar-refractivity contribution in [1.82, 2.24) is 5.32 Å². The number of aliphatic hydroxyl groups is 1. The fourth-order valence-electron chi connectivity index (χ4n) is 2.05. The van der Waals surface area contributed by atoms with Crippen LogP contribution in [0.1, 0.15) is 38.7 Å². The van der Waals surface area contributed by atoms with Gasteiger partial charge in [-0.1, -0.05) is 12.1 Å². The number of carbonyl (C=O) groups excluding carboxylic acids is 1. The topological polar surface area (TPSA) is 58.6 Å². The highest BCUT2D eigenvalue weighted by atomic mass is 16.5. The van der Waals surface area contributed by atoms with Crippen LogP contribution in [0.15, 0.2) is 24.3 Å². The second kappa shape index (κ2) is 8.59. The molecule has 1 amide bonds. The Kier molecular flexibility index (Phi) is 7.09. The largest absolute Gasteiger partial charge is 0.494 e. The highest BCUT2D eigenvalue weighted by Gasteiger charge is 2.09. The number of aryl methyl sites for hydroxylation is 1. The summed E-state index contributed by atoms with van der Waals surface area (Å²) in [6.45, 7) is 6.16. The molecule has 4 heteroatoms. The molecule has 2 N–H and O–H groups in total. The van der Waals surface area contributed by atoms with Gasteiger partial charge in [-0.25, -0.2) is 0 Å². The van der Waals surface area contributed by atoms with Crippen molar-refractivity contribution in [3.05, 3.63) is 29.8 Å². The molecule has 0 aromatic heterocycles. The lowest BCUT2D eigenvalue weighted by atomic mass is 10.1. The van der Waals surface area contributed by atoms with Crippen LogP contribution in [0, 0.1) is 6.92 Å². The standard InChI is InChI=1S/C16H25NO3/c1-12-6-4-7-15(10-12)20-9-5-8-16(19)17-13(2)11-14(3)18/h4,6-7,10,13-14,18H,5,8-9,11H2,1-3H3,(H,17,19). The maximum Gasteiger partial charge on any atom is 0.220 e. The maximum atomic E-state index is 11.7. The molecule has 0 aliphatic heterocycles. The van der Waals surface area contributed by atoms with Crippen molar-refractivity contribution in [2.75, 3.05) is 6.61 Å². The second-order valence-electron chi connectivity index (χ2n) is 5.32. The van der Waals surface area contributed by atoms with Gasteiger partial charge in [-0.15, -0.1) is 0 Å². The molecular formula is C16H25NO3. The van der Waals surface area contributed by atoms with Gasteiger partial charge < -0.3 is 15.2 Å². The van der Waals surface area contributed by atoms with E-state index in [1.54, 1.807) is 6.92 Å². The molecular weight excluding hydrogens is 254 g/mol. The molecule has 0 bridgehead atoms. The van der Waals surface area contributed by atoms with Crippen molar-refractivity contribution in [3.8, 4) is 5.75 Å². The van der Waals surface area contributed by atoms with E-state index in [1.807, 2.05) is 38.1 Å². The molecule has 0 saturated carbocycles. The molecule has 0 heterocycles. The number of hydrogen-bond donors (Lipinski definition) is 2. The molecule has 2 unspecified atom stereocenters. The number of amides is 1. The molecule has 2 atom stereocenters. The summed E-state index contributed by atoms with van der Waals surface area (Å²) in [4.78, 5) is 11.7. The quantitative estimate of drug-likeness (QED) is 0.719. The van der Waals surface area contributed by atoms with Crippen LogP contribution in [0.25, 0.3) is 0 Å². The van der Waals surface area contributed by atoms with Gasteiger partial charge in [0, 0.05) is 12.5 Å². The predicted molar refractivity (Wildman–Crippen MR) is 79.8 cm³/mol. The Balaban J connectivity index is 2.16. The molecule has 20 heavy (non-hydrogen) atoms. The van der Waals surface area contributed by atoms with Crippen molar-refractivity contribution >= 4 is 5.91 Å². The third kappa shape index (κ3) is 7.14. The summed E-state index contributed by atoms with van der Waals surface area (Å²) >= 11 is 0. The molecule has 1 aromatic carbocycles. The first kappa shape index (κ1) is 16.5. The first-order valence-electron chi connectivity index (χ1n) is 7.14. The van der Waals surface area contributed by atoms with Gasteiger partial charge >= 0.3 is 0 Å². The zero-order chi connectivity index (χ0) is 15.0. The predicted octanol–water partition coefficient (Wildman–Crippen LogP) is 2.43. The van der Waals surface area contributed by atoms with Gasteiger partial charge in [-0.05, 0) is 51.3 Å². The highest BCUT2D eigenvalue weighted by Crippen LogP contribution is 2.12. The number of aliphatic hydroxyl groups excluding tert-OH is 1. The minimum atomic E-state index is -0.394. The first-order chi connectivity index (χ1) is 9.47. The molecule has 112 valence electrons. The van der Waals surface area contributed by atoms with E-state index in [1.165, 1.54) is 0 Å². The smallest absolute Gasteiger partial charge is 0.220 e. The van der Waals surface area contributed by atoms with E-state index < -0.39 is 6.10 Å². The molecule has 0 aliphatic rings. The fourth-order valence-corrected chi connectivity index (χ4v) is 2.05. The molecule has 1 aromatic rings. The summed E-state index contributed by atoms with van der Waals surface area (Å²) < 4.78 is 5.59. The van der Waals surface area contributed by atoms with E-state index in [-0.39, 0.29) is 11.9 Å². The van der Waals surface area contributed by atoms with Crippen molar-refractivity contribution < 1.29 is 14.6 Å². The third-order valence-corrected chi connectivity index (χ3v) is 2.91. The summed E-state index contributed by atoms with van der Waals surface area (Å²) in [6, 6.07) is 7.86. The number of benzene rings is 1. The maximum absolute atomic E-state index is 11.7. The van der Waals surface area contributed by atoms with Gasteiger partial charge in [0.05, 0.1) is 12.7 Å². The van der Waals surface area contributed by atoms with Crippen LogP contribution in [-0.4, -0.2) is 29.8 Å². The van der Waals surface area contributed by atoms with E-state index in [0.29, 0.717) is 25.9 Å². The van der Waals surface area contributed by atoms with Gasteiger partial charge in [-0.2, -0.15) is 0 Å². The SMILES string of the molecule is Cc1cccc(OCCCC(=O)NC(C)CC(C)O)c1. The number of ether oxygens (including phenoxy) is 1. The Morgan fingerprint density at radius 3 is 2.80 bits per heavy atom. The second-order valence-corrected chi connectivity index (χ2v) is 5.32. The summed E-state index contributed by atoms with van der Waals surface area (Å²) in [5.74, 6) is 0.846. The fraction of sp³-hybridized carbons (Fsp3) is 0.562. The van der Waals surface area contributed by atoms with Crippen molar-refractivity contribution in [2.45, 2.75) is 52.2 Å². The number of nitrogens with one attached hydrogen (secondary N) is 1. The number of carbonyl (C=O) groups is 1. The van der Waals surface area contributed by atoms with E-state index in [0.717, 1.165) is 11.3 Å². The van der Waals surface area contributed by atoms with Crippen LogP contribution in [0.4, 0.5) is 0 Å². The van der Waals surface area contributed by atoms with Crippen LogP contribution < -0.4 is 10.1 Å². The van der Waals surface area contributed by atoms with E-state index in [9.17, 15) is 9.90 Å². The Bertz CT molecular complexity index is 418. The molecule has 1 rings (SSSR count). The summed E-state index contributed by atoms with van der Waals surface area (Å²) in [7, 11) is 0. The number of rotatable bonds is 8. The lowest BCUT2D eigenvalue weighted by molar-refractivity contribution is -0.122. The zero-order valence-corrected chi connectivity index (χ0v) is 12.6. The lowest BCUT2D eigenvalue weighted by Gasteiger charge is -2.15. The molecule has 4 nitrogen and oxygen atoms in total. The van der Waals surface area contributed by atoms with Gasteiger partial charge in [-0.3, -0.25) is 4.79 Å². The van der Waals surface area contributed by atoms with Crippen molar-refractivity contribution in [3.63, 3.8) is 0 Å². The van der Waals surface area contributed by atoms with Gasteiger partial charge in [0.15, 0.2) is 0 Å². The third-order valence-electron chi connectivity index (χ3n) is 2.91. The average Bonchev–Trinajstić information content (AvgIpc) is 2.33. The lowest BCUT2D eigenvalue weighted by Crippen LogP contribution is -2.34. The van der Waals surface area contributed by atoms with Crippen LogP contribution in [0.5, 0.6) is 5.75 Å². The van der Waals surface area contributed by atoms with Crippen LogP contribution in [0.3, 0.4) is 0 Å². The molecule has 0 fully saturated rings. The molecule has 0 saturated heterocycles.